The van der Waals surface area contributed by atoms with Gasteiger partial charge in [-0.15, -0.1) is 0 Å². The van der Waals surface area contributed by atoms with Crippen LogP contribution >= 0.6 is 0 Å². The van der Waals surface area contributed by atoms with Gasteiger partial charge in [-0.2, -0.15) is 10.4 Å². The molecule has 1 radical (unpaired) electrons. The van der Waals surface area contributed by atoms with Gasteiger partial charge in [0.25, 0.3) is 6.29 Å². The molecule has 0 amide bonds. The van der Waals surface area contributed by atoms with Gasteiger partial charge in [-0.1, -0.05) is 18.2 Å². The van der Waals surface area contributed by atoms with Gasteiger partial charge in [-0.3, -0.25) is 10.2 Å². The van der Waals surface area contributed by atoms with Crippen molar-refractivity contribution in [3.05, 3.63) is 30.3 Å². The van der Waals surface area contributed by atoms with E-state index >= 15 is 0 Å². The van der Waals surface area contributed by atoms with E-state index in [0.717, 1.165) is 0 Å². The molecule has 0 heterocycles. The fourth-order valence-corrected chi connectivity index (χ4v) is 0.704. The van der Waals surface area contributed by atoms with Gasteiger partial charge in [0.05, 0.1) is 5.69 Å². The van der Waals surface area contributed by atoms with E-state index < -0.39 is 0 Å². The number of rotatable bonds is 3. The zero-order valence-corrected chi connectivity index (χ0v) is 6.69. The Hall–Kier alpha value is -2.15. The SMILES string of the molecule is N#C/C([C]=O)=N/Nc1ccccc1. The third-order valence-corrected chi connectivity index (χ3v) is 1.27. The maximum absolute atomic E-state index is 10.0. The van der Waals surface area contributed by atoms with Crippen LogP contribution in [0.1, 0.15) is 0 Å². The van der Waals surface area contributed by atoms with Crippen LogP contribution in [0.15, 0.2) is 35.4 Å². The summed E-state index contributed by atoms with van der Waals surface area (Å²) in [4.78, 5) is 10.0. The Morgan fingerprint density at radius 2 is 2.08 bits per heavy atom. The molecule has 63 valence electrons. The summed E-state index contributed by atoms with van der Waals surface area (Å²) >= 11 is 0. The van der Waals surface area contributed by atoms with Crippen LogP contribution in [0.5, 0.6) is 0 Å². The summed E-state index contributed by atoms with van der Waals surface area (Å²) in [5.74, 6) is 0. The van der Waals surface area contributed by atoms with Crippen molar-refractivity contribution in [2.75, 3.05) is 5.43 Å². The summed E-state index contributed by atoms with van der Waals surface area (Å²) in [6.45, 7) is 0. The summed E-state index contributed by atoms with van der Waals surface area (Å²) < 4.78 is 0. The fourth-order valence-electron chi connectivity index (χ4n) is 0.704. The second-order valence-corrected chi connectivity index (χ2v) is 2.15. The van der Waals surface area contributed by atoms with Crippen LogP contribution in [-0.2, 0) is 4.79 Å². The van der Waals surface area contributed by atoms with Gasteiger partial charge in [0.15, 0.2) is 0 Å². The van der Waals surface area contributed by atoms with Crippen molar-refractivity contribution in [2.24, 2.45) is 5.10 Å². The van der Waals surface area contributed by atoms with Crippen LogP contribution < -0.4 is 5.43 Å². The molecule has 0 aromatic heterocycles. The lowest BCUT2D eigenvalue weighted by Crippen LogP contribution is -1.99. The summed E-state index contributed by atoms with van der Waals surface area (Å²) in [6.07, 6.45) is 1.40. The molecular formula is C9H6N3O. The van der Waals surface area contributed by atoms with Crippen LogP contribution in [-0.4, -0.2) is 12.0 Å². The zero-order chi connectivity index (χ0) is 9.52. The quantitative estimate of drug-likeness (QED) is 0.548. The van der Waals surface area contributed by atoms with Crippen LogP contribution in [0.25, 0.3) is 0 Å². The van der Waals surface area contributed by atoms with E-state index in [9.17, 15) is 4.79 Å². The summed E-state index contributed by atoms with van der Waals surface area (Å²) in [5.41, 5.74) is 2.96. The van der Waals surface area contributed by atoms with E-state index in [1.807, 2.05) is 18.2 Å². The van der Waals surface area contributed by atoms with Gasteiger partial charge < -0.3 is 0 Å². The lowest BCUT2D eigenvalue weighted by Gasteiger charge is -1.96. The summed E-state index contributed by atoms with van der Waals surface area (Å²) in [5, 5.41) is 11.8. The number of hydrogen-bond donors (Lipinski definition) is 1. The van der Waals surface area contributed by atoms with E-state index in [4.69, 9.17) is 5.26 Å². The molecule has 0 saturated heterocycles. The Balaban J connectivity index is 2.67. The molecule has 1 aromatic rings. The maximum Gasteiger partial charge on any atom is 0.266 e. The smallest absolute Gasteiger partial charge is 0.266 e. The molecule has 1 N–H and O–H groups in total. The second kappa shape index (κ2) is 4.67. The predicted octanol–water partition coefficient (Wildman–Crippen LogP) is 1.09. The van der Waals surface area contributed by atoms with E-state index in [0.29, 0.717) is 5.69 Å². The molecule has 0 bridgehead atoms. The first-order valence-electron chi connectivity index (χ1n) is 3.54. The zero-order valence-electron chi connectivity index (χ0n) is 6.69. The minimum atomic E-state index is -0.302. The number of carbonyl (C=O) groups excluding carboxylic acids is 1. The highest BCUT2D eigenvalue weighted by Gasteiger charge is 1.93. The highest BCUT2D eigenvalue weighted by atomic mass is 16.1. The Morgan fingerprint density at radius 3 is 2.62 bits per heavy atom. The Labute approximate surface area is 75.5 Å². The van der Waals surface area contributed by atoms with E-state index in [1.165, 1.54) is 6.29 Å². The standard InChI is InChI=1S/C9H6N3O/c10-6-9(7-13)12-11-8-4-2-1-3-5-8/h1-5,11H/b12-9-. The molecule has 0 aliphatic rings. The molecule has 0 fully saturated rings. The van der Waals surface area contributed by atoms with Gasteiger partial charge in [-0.25, -0.2) is 0 Å². The number of anilines is 1. The maximum atomic E-state index is 10.0. The lowest BCUT2D eigenvalue weighted by molar-refractivity contribution is 0.567. The van der Waals surface area contributed by atoms with Gasteiger partial charge >= 0.3 is 0 Å². The number of nitriles is 1. The normalized spacial score (nSPS) is 10.2. The largest absolute Gasteiger partial charge is 0.282 e. The summed E-state index contributed by atoms with van der Waals surface area (Å²) in [6, 6.07) is 10.6. The first kappa shape index (κ1) is 8.94. The molecule has 0 aliphatic carbocycles. The van der Waals surface area contributed by atoms with E-state index in [-0.39, 0.29) is 5.71 Å². The van der Waals surface area contributed by atoms with Crippen molar-refractivity contribution < 1.29 is 4.79 Å². The van der Waals surface area contributed by atoms with Gasteiger partial charge in [0.1, 0.15) is 6.07 Å². The van der Waals surface area contributed by atoms with Crippen LogP contribution in [0.4, 0.5) is 5.69 Å². The average molecular weight is 172 g/mol. The first-order valence-corrected chi connectivity index (χ1v) is 3.54. The first-order chi connectivity index (χ1) is 6.36. The Kier molecular flexibility index (Phi) is 3.21. The predicted molar refractivity (Wildman–Crippen MR) is 48.8 cm³/mol. The van der Waals surface area contributed by atoms with E-state index in [1.54, 1.807) is 18.2 Å². The minimum Gasteiger partial charge on any atom is -0.282 e. The number of nitrogens with one attached hydrogen (secondary N) is 1. The Bertz CT molecular complexity index is 351. The van der Waals surface area contributed by atoms with Gasteiger partial charge in [-0.05, 0) is 12.1 Å². The number of hydrazone groups is 1. The molecule has 13 heavy (non-hydrogen) atoms. The third kappa shape index (κ3) is 2.75. The van der Waals surface area contributed by atoms with Crippen LogP contribution in [0, 0.1) is 11.3 Å². The number of hydrogen-bond acceptors (Lipinski definition) is 4. The molecule has 0 spiro atoms. The number of para-hydroxylation sites is 1. The summed E-state index contributed by atoms with van der Waals surface area (Å²) in [7, 11) is 0. The molecule has 0 aliphatic heterocycles. The highest BCUT2D eigenvalue weighted by Crippen LogP contribution is 2.03. The Morgan fingerprint density at radius 1 is 1.38 bits per heavy atom. The highest BCUT2D eigenvalue weighted by molar-refractivity contribution is 6.36. The fraction of sp³-hybridized carbons (Fsp3) is 0. The van der Waals surface area contributed by atoms with Crippen molar-refractivity contribution in [3.8, 4) is 6.07 Å². The number of nitrogens with zero attached hydrogens (tertiary/aromatic N) is 2. The number of benzene rings is 1. The molecular weight excluding hydrogens is 166 g/mol. The second-order valence-electron chi connectivity index (χ2n) is 2.15. The molecule has 4 nitrogen and oxygen atoms in total. The third-order valence-electron chi connectivity index (χ3n) is 1.27. The molecule has 0 atom stereocenters. The topological polar surface area (TPSA) is 65.2 Å². The van der Waals surface area contributed by atoms with Crippen molar-refractivity contribution in [3.63, 3.8) is 0 Å². The minimum absolute atomic E-state index is 0.302. The van der Waals surface area contributed by atoms with E-state index in [2.05, 4.69) is 10.5 Å². The van der Waals surface area contributed by atoms with Gasteiger partial charge in [0, 0.05) is 0 Å². The van der Waals surface area contributed by atoms with Crippen molar-refractivity contribution >= 4 is 17.7 Å². The van der Waals surface area contributed by atoms with Crippen LogP contribution in [0.3, 0.4) is 0 Å². The van der Waals surface area contributed by atoms with Crippen molar-refractivity contribution in [1.29, 1.82) is 5.26 Å². The molecule has 0 unspecified atom stereocenters. The molecule has 4 heteroatoms. The molecule has 1 aromatic carbocycles. The van der Waals surface area contributed by atoms with Crippen molar-refractivity contribution in [1.82, 2.24) is 0 Å². The average Bonchev–Trinajstić information content (AvgIpc) is 2.21. The van der Waals surface area contributed by atoms with Gasteiger partial charge in [0.2, 0.25) is 5.71 Å². The molecule has 1 rings (SSSR count). The monoisotopic (exact) mass is 172 g/mol. The van der Waals surface area contributed by atoms with Crippen molar-refractivity contribution in [2.45, 2.75) is 0 Å². The van der Waals surface area contributed by atoms with Crippen LogP contribution in [0.2, 0.25) is 0 Å². The lowest BCUT2D eigenvalue weighted by atomic mass is 10.3. The molecule has 0 saturated carbocycles.